The van der Waals surface area contributed by atoms with E-state index in [9.17, 15) is 9.59 Å². The molecule has 0 bridgehead atoms. The van der Waals surface area contributed by atoms with Crippen LogP contribution < -0.4 is 5.32 Å². The number of nitrogens with zero attached hydrogens (tertiary/aromatic N) is 1. The largest absolute Gasteiger partial charge is 0.465 e. The summed E-state index contributed by atoms with van der Waals surface area (Å²) in [5.74, 6) is -0.473. The minimum Gasteiger partial charge on any atom is -0.465 e. The van der Waals surface area contributed by atoms with Crippen molar-refractivity contribution in [3.05, 3.63) is 29.3 Å². The first-order chi connectivity index (χ1) is 7.95. The molecule has 0 atom stereocenters. The second kappa shape index (κ2) is 5.34. The predicted octanol–water partition coefficient (Wildman–Crippen LogP) is 1.88. The Balaban J connectivity index is 3.07. The molecule has 0 aliphatic rings. The van der Waals surface area contributed by atoms with E-state index in [1.807, 2.05) is 6.92 Å². The van der Waals surface area contributed by atoms with Gasteiger partial charge in [0, 0.05) is 14.1 Å². The minimum absolute atomic E-state index is 0.291. The van der Waals surface area contributed by atoms with E-state index in [2.05, 4.69) is 10.1 Å². The Morgan fingerprint density at radius 1 is 1.29 bits per heavy atom. The zero-order valence-corrected chi connectivity index (χ0v) is 10.4. The highest BCUT2D eigenvalue weighted by atomic mass is 16.5. The molecule has 0 aliphatic carbocycles. The van der Waals surface area contributed by atoms with Crippen LogP contribution in [0.1, 0.15) is 15.9 Å². The quantitative estimate of drug-likeness (QED) is 0.797. The van der Waals surface area contributed by atoms with Crippen LogP contribution in [0.4, 0.5) is 10.5 Å². The van der Waals surface area contributed by atoms with Gasteiger partial charge in [-0.1, -0.05) is 6.07 Å². The van der Waals surface area contributed by atoms with Crippen LogP contribution >= 0.6 is 0 Å². The average Bonchev–Trinajstić information content (AvgIpc) is 2.28. The predicted molar refractivity (Wildman–Crippen MR) is 65.2 cm³/mol. The van der Waals surface area contributed by atoms with Crippen LogP contribution in [0.2, 0.25) is 0 Å². The van der Waals surface area contributed by atoms with Gasteiger partial charge in [-0.2, -0.15) is 0 Å². The van der Waals surface area contributed by atoms with E-state index in [1.165, 1.54) is 12.0 Å². The third-order valence-electron chi connectivity index (χ3n) is 2.23. The summed E-state index contributed by atoms with van der Waals surface area (Å²) in [7, 11) is 4.56. The Morgan fingerprint density at radius 2 is 1.94 bits per heavy atom. The number of carbonyl (C=O) groups is 2. The molecule has 0 aliphatic heterocycles. The van der Waals surface area contributed by atoms with Crippen LogP contribution in [0, 0.1) is 6.92 Å². The van der Waals surface area contributed by atoms with E-state index in [4.69, 9.17) is 0 Å². The molecule has 1 aromatic carbocycles. The first-order valence-corrected chi connectivity index (χ1v) is 5.13. The molecule has 0 aromatic heterocycles. The lowest BCUT2D eigenvalue weighted by molar-refractivity contribution is 0.0602. The van der Waals surface area contributed by atoms with E-state index >= 15 is 0 Å². The Morgan fingerprint density at radius 3 is 2.47 bits per heavy atom. The number of esters is 1. The number of nitrogens with one attached hydrogen (secondary N) is 1. The highest BCUT2D eigenvalue weighted by molar-refractivity contribution is 6.00. The fraction of sp³-hybridized carbons (Fsp3) is 0.333. The number of hydrogen-bond donors (Lipinski definition) is 1. The first-order valence-electron chi connectivity index (χ1n) is 5.13. The van der Waals surface area contributed by atoms with Crippen LogP contribution in [0.15, 0.2) is 18.2 Å². The van der Waals surface area contributed by atoms with Gasteiger partial charge in [0.15, 0.2) is 0 Å². The maximum Gasteiger partial charge on any atom is 0.339 e. The number of amides is 2. The zero-order chi connectivity index (χ0) is 13.0. The van der Waals surface area contributed by atoms with Crippen LogP contribution in [0.5, 0.6) is 0 Å². The number of carbonyl (C=O) groups excluding carboxylic acids is 2. The van der Waals surface area contributed by atoms with Gasteiger partial charge in [0.05, 0.1) is 18.4 Å². The van der Waals surface area contributed by atoms with Crippen molar-refractivity contribution in [1.82, 2.24) is 4.90 Å². The molecule has 1 N–H and O–H groups in total. The van der Waals surface area contributed by atoms with E-state index in [0.717, 1.165) is 5.56 Å². The molecule has 0 spiro atoms. The second-order valence-electron chi connectivity index (χ2n) is 3.87. The first kappa shape index (κ1) is 13.0. The van der Waals surface area contributed by atoms with Crippen molar-refractivity contribution in [2.75, 3.05) is 26.5 Å². The average molecular weight is 236 g/mol. The summed E-state index contributed by atoms with van der Waals surface area (Å²) >= 11 is 0. The summed E-state index contributed by atoms with van der Waals surface area (Å²) in [5.41, 5.74) is 1.75. The fourth-order valence-electron chi connectivity index (χ4n) is 1.28. The molecule has 0 saturated carbocycles. The van der Waals surface area contributed by atoms with Crippen molar-refractivity contribution < 1.29 is 14.3 Å². The molecule has 0 radical (unpaired) electrons. The molecule has 92 valence electrons. The number of aryl methyl sites for hydroxylation is 1. The van der Waals surface area contributed by atoms with Crippen molar-refractivity contribution in [2.45, 2.75) is 6.92 Å². The van der Waals surface area contributed by atoms with Crippen LogP contribution in [-0.2, 0) is 4.74 Å². The van der Waals surface area contributed by atoms with Crippen molar-refractivity contribution in [3.8, 4) is 0 Å². The molecule has 0 heterocycles. The molecule has 2 amide bonds. The van der Waals surface area contributed by atoms with E-state index < -0.39 is 5.97 Å². The Hall–Kier alpha value is -2.04. The van der Waals surface area contributed by atoms with E-state index in [0.29, 0.717) is 11.3 Å². The van der Waals surface area contributed by atoms with Crippen LogP contribution in [0.3, 0.4) is 0 Å². The number of urea groups is 1. The normalized spacial score (nSPS) is 9.65. The molecular formula is C12H16N2O3. The molecule has 0 unspecified atom stereocenters. The van der Waals surface area contributed by atoms with Crippen molar-refractivity contribution in [2.24, 2.45) is 0 Å². The molecule has 1 aromatic rings. The van der Waals surface area contributed by atoms with Crippen LogP contribution in [-0.4, -0.2) is 38.1 Å². The Labute approximate surface area is 100 Å². The number of hydrogen-bond acceptors (Lipinski definition) is 3. The molecule has 17 heavy (non-hydrogen) atoms. The van der Waals surface area contributed by atoms with E-state index in [1.54, 1.807) is 32.3 Å². The third-order valence-corrected chi connectivity index (χ3v) is 2.23. The number of ether oxygens (including phenoxy) is 1. The summed E-state index contributed by atoms with van der Waals surface area (Å²) in [6.07, 6.45) is 0. The summed E-state index contributed by atoms with van der Waals surface area (Å²) in [4.78, 5) is 24.5. The Kier molecular flexibility index (Phi) is 4.09. The maximum atomic E-state index is 11.5. The number of anilines is 1. The molecular weight excluding hydrogens is 220 g/mol. The minimum atomic E-state index is -0.473. The smallest absolute Gasteiger partial charge is 0.339 e. The van der Waals surface area contributed by atoms with Gasteiger partial charge in [-0.05, 0) is 24.6 Å². The maximum absolute atomic E-state index is 11.5. The van der Waals surface area contributed by atoms with Crippen molar-refractivity contribution >= 4 is 17.7 Å². The zero-order valence-electron chi connectivity index (χ0n) is 10.4. The lowest BCUT2D eigenvalue weighted by Gasteiger charge is -2.14. The summed E-state index contributed by atoms with van der Waals surface area (Å²) in [6.45, 7) is 1.88. The van der Waals surface area contributed by atoms with Gasteiger partial charge in [-0.25, -0.2) is 9.59 Å². The van der Waals surface area contributed by atoms with Crippen LogP contribution in [0.25, 0.3) is 0 Å². The third kappa shape index (κ3) is 3.21. The molecule has 0 saturated heterocycles. The SMILES string of the molecule is COC(=O)c1ccc(C)cc1NC(=O)N(C)C. The lowest BCUT2D eigenvalue weighted by Crippen LogP contribution is -2.28. The van der Waals surface area contributed by atoms with Crippen molar-refractivity contribution in [1.29, 1.82) is 0 Å². The second-order valence-corrected chi connectivity index (χ2v) is 3.87. The molecule has 0 fully saturated rings. The van der Waals surface area contributed by atoms with Gasteiger partial charge >= 0.3 is 12.0 Å². The highest BCUT2D eigenvalue weighted by Crippen LogP contribution is 2.18. The number of rotatable bonds is 2. The molecule has 1 rings (SSSR count). The van der Waals surface area contributed by atoms with E-state index in [-0.39, 0.29) is 6.03 Å². The summed E-state index contributed by atoms with van der Waals surface area (Å²) in [5, 5.41) is 2.65. The lowest BCUT2D eigenvalue weighted by atomic mass is 10.1. The summed E-state index contributed by atoms with van der Waals surface area (Å²) in [6, 6.07) is 4.86. The highest BCUT2D eigenvalue weighted by Gasteiger charge is 2.14. The summed E-state index contributed by atoms with van der Waals surface area (Å²) < 4.78 is 4.66. The number of methoxy groups -OCH3 is 1. The number of benzene rings is 1. The van der Waals surface area contributed by atoms with Gasteiger partial charge in [-0.15, -0.1) is 0 Å². The molecule has 5 heteroatoms. The van der Waals surface area contributed by atoms with Gasteiger partial charge in [0.2, 0.25) is 0 Å². The van der Waals surface area contributed by atoms with Gasteiger partial charge in [0.1, 0.15) is 0 Å². The van der Waals surface area contributed by atoms with Gasteiger partial charge < -0.3 is 15.0 Å². The van der Waals surface area contributed by atoms with Gasteiger partial charge in [-0.3, -0.25) is 0 Å². The standard InChI is InChI=1S/C12H16N2O3/c1-8-5-6-9(11(15)17-4)10(7-8)13-12(16)14(2)3/h5-7H,1-4H3,(H,13,16). The molecule has 5 nitrogen and oxygen atoms in total. The topological polar surface area (TPSA) is 58.6 Å². The monoisotopic (exact) mass is 236 g/mol. The van der Waals surface area contributed by atoms with Crippen molar-refractivity contribution in [3.63, 3.8) is 0 Å². The fourth-order valence-corrected chi connectivity index (χ4v) is 1.28. The Bertz CT molecular complexity index is 441. The van der Waals surface area contributed by atoms with Gasteiger partial charge in [0.25, 0.3) is 0 Å².